The van der Waals surface area contributed by atoms with Gasteiger partial charge >= 0.3 is 0 Å². The minimum atomic E-state index is -0.208. The molecule has 106 valence electrons. The van der Waals surface area contributed by atoms with E-state index in [1.807, 2.05) is 33.0 Å². The molecule has 0 bridgehead atoms. The molecule has 0 unspecified atom stereocenters. The van der Waals surface area contributed by atoms with Gasteiger partial charge in [-0.1, -0.05) is 13.0 Å². The average Bonchev–Trinajstić information content (AvgIpc) is 2.78. The van der Waals surface area contributed by atoms with Gasteiger partial charge in [0.2, 0.25) is 0 Å². The van der Waals surface area contributed by atoms with Gasteiger partial charge in [0.05, 0.1) is 22.6 Å². The number of nitrogen functional groups attached to an aromatic ring is 1. The Bertz CT molecular complexity index is 632. The number of nitrogens with one attached hydrogen (secondary N) is 2. The van der Waals surface area contributed by atoms with E-state index in [0.29, 0.717) is 11.3 Å². The summed E-state index contributed by atoms with van der Waals surface area (Å²) in [6.07, 6.45) is 2.55. The summed E-state index contributed by atoms with van der Waals surface area (Å²) < 4.78 is 1.69. The number of nitrogens with zero attached hydrogens (tertiary/aromatic N) is 2. The van der Waals surface area contributed by atoms with Gasteiger partial charge < -0.3 is 10.7 Å². The van der Waals surface area contributed by atoms with Crippen molar-refractivity contribution >= 4 is 17.3 Å². The Kier molecular flexibility index (Phi) is 4.05. The third-order valence-electron chi connectivity index (χ3n) is 3.06. The molecule has 1 aromatic carbocycles. The molecule has 6 nitrogen and oxygen atoms in total. The highest BCUT2D eigenvalue weighted by Crippen LogP contribution is 2.20. The van der Waals surface area contributed by atoms with E-state index in [4.69, 9.17) is 5.84 Å². The van der Waals surface area contributed by atoms with E-state index in [1.165, 1.54) is 0 Å². The molecule has 2 aromatic rings. The number of hydrazine groups is 1. The maximum Gasteiger partial charge on any atom is 0.257 e. The van der Waals surface area contributed by atoms with Crippen LogP contribution in [0.3, 0.4) is 0 Å². The summed E-state index contributed by atoms with van der Waals surface area (Å²) in [5.41, 5.74) is 6.27. The third kappa shape index (κ3) is 2.80. The lowest BCUT2D eigenvalue weighted by Gasteiger charge is -2.10. The second-order valence-corrected chi connectivity index (χ2v) is 4.66. The van der Waals surface area contributed by atoms with Crippen LogP contribution >= 0.6 is 0 Å². The number of hydrogen-bond donors (Lipinski definition) is 3. The van der Waals surface area contributed by atoms with Crippen LogP contribution in [0.4, 0.5) is 11.4 Å². The maximum atomic E-state index is 12.3. The number of hydrogen-bond acceptors (Lipinski definition) is 4. The molecule has 0 radical (unpaired) electrons. The minimum absolute atomic E-state index is 0.208. The summed E-state index contributed by atoms with van der Waals surface area (Å²) in [6.45, 7) is 3.94. The molecule has 2 rings (SSSR count). The first-order valence-corrected chi connectivity index (χ1v) is 6.46. The lowest BCUT2D eigenvalue weighted by molar-refractivity contribution is 0.102. The summed E-state index contributed by atoms with van der Waals surface area (Å²) in [5, 5.41) is 7.17. The molecule has 1 heterocycles. The quantitative estimate of drug-likeness (QED) is 0.586. The summed E-state index contributed by atoms with van der Waals surface area (Å²) in [5.74, 6) is 5.26. The number of rotatable bonds is 4. The van der Waals surface area contributed by atoms with Gasteiger partial charge in [-0.25, -0.2) is 0 Å². The van der Waals surface area contributed by atoms with E-state index in [1.54, 1.807) is 16.9 Å². The number of anilines is 2. The molecule has 1 aromatic heterocycles. The zero-order valence-corrected chi connectivity index (χ0v) is 11.9. The van der Waals surface area contributed by atoms with Crippen LogP contribution < -0.4 is 16.6 Å². The zero-order chi connectivity index (χ0) is 14.7. The highest BCUT2D eigenvalue weighted by molar-refractivity contribution is 6.08. The van der Waals surface area contributed by atoms with Crippen LogP contribution in [-0.4, -0.2) is 15.7 Å². The monoisotopic (exact) mass is 273 g/mol. The van der Waals surface area contributed by atoms with E-state index < -0.39 is 0 Å². The lowest BCUT2D eigenvalue weighted by Crippen LogP contribution is -2.17. The molecule has 1 amide bonds. The molecule has 4 N–H and O–H groups in total. The van der Waals surface area contributed by atoms with Crippen molar-refractivity contribution in [2.24, 2.45) is 12.9 Å². The number of carbonyl (C=O) groups is 1. The predicted octanol–water partition coefficient (Wildman–Crippen LogP) is 1.83. The average molecular weight is 273 g/mol. The normalized spacial score (nSPS) is 10.4. The molecule has 0 fully saturated rings. The van der Waals surface area contributed by atoms with E-state index in [0.717, 1.165) is 23.4 Å². The van der Waals surface area contributed by atoms with Crippen molar-refractivity contribution in [1.82, 2.24) is 9.78 Å². The highest BCUT2D eigenvalue weighted by atomic mass is 16.1. The summed E-state index contributed by atoms with van der Waals surface area (Å²) in [7, 11) is 1.83. The highest BCUT2D eigenvalue weighted by Gasteiger charge is 2.14. The Labute approximate surface area is 117 Å². The van der Waals surface area contributed by atoms with Crippen molar-refractivity contribution in [1.29, 1.82) is 0 Å². The number of aryl methyl sites for hydroxylation is 3. The van der Waals surface area contributed by atoms with Crippen LogP contribution in [0.25, 0.3) is 0 Å². The maximum absolute atomic E-state index is 12.3. The van der Waals surface area contributed by atoms with Crippen LogP contribution in [0.5, 0.6) is 0 Å². The molecular weight excluding hydrogens is 254 g/mol. The van der Waals surface area contributed by atoms with Crippen molar-refractivity contribution in [3.8, 4) is 0 Å². The van der Waals surface area contributed by atoms with Crippen molar-refractivity contribution < 1.29 is 4.79 Å². The summed E-state index contributed by atoms with van der Waals surface area (Å²) in [6, 6.07) is 5.46. The van der Waals surface area contributed by atoms with Crippen molar-refractivity contribution in [3.63, 3.8) is 0 Å². The first-order valence-electron chi connectivity index (χ1n) is 6.46. The summed E-state index contributed by atoms with van der Waals surface area (Å²) >= 11 is 0. The SMILES string of the molecule is CCc1nn(C)cc1NC(=O)c1ccc(C)cc1NN. The molecule has 6 heteroatoms. The number of carbonyl (C=O) groups excluding carboxylic acids is 1. The fraction of sp³-hybridized carbons (Fsp3) is 0.286. The van der Waals surface area contributed by atoms with E-state index in [2.05, 4.69) is 15.8 Å². The number of benzene rings is 1. The Morgan fingerprint density at radius 1 is 1.40 bits per heavy atom. The molecule has 0 spiro atoms. The van der Waals surface area contributed by atoms with Crippen LogP contribution in [0, 0.1) is 6.92 Å². The van der Waals surface area contributed by atoms with E-state index >= 15 is 0 Å². The van der Waals surface area contributed by atoms with Gasteiger partial charge in [-0.05, 0) is 31.0 Å². The van der Waals surface area contributed by atoms with Crippen LogP contribution in [0.2, 0.25) is 0 Å². The molecule has 0 aliphatic rings. The second-order valence-electron chi connectivity index (χ2n) is 4.66. The van der Waals surface area contributed by atoms with Gasteiger partial charge in [-0.15, -0.1) is 0 Å². The molecule has 0 aliphatic carbocycles. The van der Waals surface area contributed by atoms with Crippen molar-refractivity contribution in [2.75, 3.05) is 10.7 Å². The van der Waals surface area contributed by atoms with Crippen molar-refractivity contribution in [2.45, 2.75) is 20.3 Å². The third-order valence-corrected chi connectivity index (χ3v) is 3.06. The van der Waals surface area contributed by atoms with Gasteiger partial charge in [0.15, 0.2) is 0 Å². The second kappa shape index (κ2) is 5.75. The molecule has 0 saturated carbocycles. The summed E-state index contributed by atoms with van der Waals surface area (Å²) in [4.78, 5) is 12.3. The standard InChI is InChI=1S/C14H19N5O/c1-4-11-13(8-19(3)18-11)16-14(20)10-6-5-9(2)7-12(10)17-15/h5-8,17H,4,15H2,1-3H3,(H,16,20). The Morgan fingerprint density at radius 2 is 2.15 bits per heavy atom. The zero-order valence-electron chi connectivity index (χ0n) is 11.9. The Morgan fingerprint density at radius 3 is 2.80 bits per heavy atom. The Balaban J connectivity index is 2.28. The van der Waals surface area contributed by atoms with Gasteiger partial charge in [-0.3, -0.25) is 15.3 Å². The topological polar surface area (TPSA) is 85.0 Å². The minimum Gasteiger partial charge on any atom is -0.323 e. The smallest absolute Gasteiger partial charge is 0.257 e. The molecular formula is C14H19N5O. The van der Waals surface area contributed by atoms with Gasteiger partial charge in [0, 0.05) is 13.2 Å². The number of nitrogens with two attached hydrogens (primary N) is 1. The largest absolute Gasteiger partial charge is 0.323 e. The first-order chi connectivity index (χ1) is 9.55. The molecule has 0 saturated heterocycles. The molecule has 0 aliphatic heterocycles. The lowest BCUT2D eigenvalue weighted by atomic mass is 10.1. The van der Waals surface area contributed by atoms with Crippen LogP contribution in [0.15, 0.2) is 24.4 Å². The van der Waals surface area contributed by atoms with Crippen LogP contribution in [-0.2, 0) is 13.5 Å². The number of aromatic nitrogens is 2. The first kappa shape index (κ1) is 14.1. The van der Waals surface area contributed by atoms with Gasteiger partial charge in [-0.2, -0.15) is 5.10 Å². The van der Waals surface area contributed by atoms with Gasteiger partial charge in [0.25, 0.3) is 5.91 Å². The fourth-order valence-corrected chi connectivity index (χ4v) is 2.07. The van der Waals surface area contributed by atoms with E-state index in [9.17, 15) is 4.79 Å². The Hall–Kier alpha value is -2.34. The fourth-order valence-electron chi connectivity index (χ4n) is 2.07. The molecule has 0 atom stereocenters. The predicted molar refractivity (Wildman–Crippen MR) is 79.5 cm³/mol. The van der Waals surface area contributed by atoms with Crippen molar-refractivity contribution in [3.05, 3.63) is 41.2 Å². The van der Waals surface area contributed by atoms with E-state index in [-0.39, 0.29) is 5.91 Å². The molecule has 20 heavy (non-hydrogen) atoms. The van der Waals surface area contributed by atoms with Crippen LogP contribution in [0.1, 0.15) is 28.5 Å². The number of amides is 1. The van der Waals surface area contributed by atoms with Gasteiger partial charge in [0.1, 0.15) is 0 Å².